The summed E-state index contributed by atoms with van der Waals surface area (Å²) in [6, 6.07) is 8.20. The van der Waals surface area contributed by atoms with Crippen LogP contribution in [0.25, 0.3) is 0 Å². The molecule has 0 atom stereocenters. The number of ether oxygens (including phenoxy) is 1. The number of hydrogen-bond donors (Lipinski definition) is 2. The van der Waals surface area contributed by atoms with Crippen molar-refractivity contribution in [3.8, 4) is 5.75 Å². The largest absolute Gasteiger partial charge is 0.484 e. The molecule has 0 radical (unpaired) electrons. The molecule has 1 saturated heterocycles. The Hall–Kier alpha value is -2.24. The molecule has 0 spiro atoms. The lowest BCUT2D eigenvalue weighted by Gasteiger charge is -2.62. The van der Waals surface area contributed by atoms with E-state index in [2.05, 4.69) is 48.2 Å². The lowest BCUT2D eigenvalue weighted by atomic mass is 9.65. The highest BCUT2D eigenvalue weighted by Gasteiger charge is 2.53. The molecule has 1 heterocycles. The Kier molecular flexibility index (Phi) is 5.36. The number of amides is 1. The minimum Gasteiger partial charge on any atom is -0.484 e. The molecule has 3 rings (SSSR count). The maximum absolute atomic E-state index is 11.8. The zero-order chi connectivity index (χ0) is 19.7. The quantitative estimate of drug-likeness (QED) is 0.595. The lowest BCUT2D eigenvalue weighted by molar-refractivity contribution is -0.123. The maximum Gasteiger partial charge on any atom is 0.258 e. The summed E-state index contributed by atoms with van der Waals surface area (Å²) >= 11 is 0. The predicted octanol–water partition coefficient (Wildman–Crippen LogP) is 2.54. The number of carbonyl (C=O) groups excluding carboxylic acids is 1. The van der Waals surface area contributed by atoms with Crippen LogP contribution in [-0.4, -0.2) is 48.5 Å². The summed E-state index contributed by atoms with van der Waals surface area (Å²) < 4.78 is 5.63. The van der Waals surface area contributed by atoms with Crippen molar-refractivity contribution >= 4 is 11.9 Å². The van der Waals surface area contributed by atoms with Crippen LogP contribution >= 0.6 is 0 Å². The molecule has 1 amide bonds. The molecule has 0 aromatic heterocycles. The fourth-order valence-corrected chi connectivity index (χ4v) is 3.27. The van der Waals surface area contributed by atoms with E-state index in [1.165, 1.54) is 0 Å². The van der Waals surface area contributed by atoms with Gasteiger partial charge in [-0.2, -0.15) is 0 Å². The minimum absolute atomic E-state index is 0.0518. The Morgan fingerprint density at radius 2 is 2.04 bits per heavy atom. The summed E-state index contributed by atoms with van der Waals surface area (Å²) in [5.74, 6) is 1.57. The first kappa shape index (κ1) is 19.5. The second-order valence-electron chi connectivity index (χ2n) is 8.71. The van der Waals surface area contributed by atoms with Gasteiger partial charge in [-0.15, -0.1) is 0 Å². The zero-order valence-electron chi connectivity index (χ0n) is 17.1. The van der Waals surface area contributed by atoms with Gasteiger partial charge in [-0.3, -0.25) is 9.79 Å². The van der Waals surface area contributed by atoms with Crippen molar-refractivity contribution in [3.63, 3.8) is 0 Å². The van der Waals surface area contributed by atoms with Gasteiger partial charge in [0.15, 0.2) is 12.6 Å². The summed E-state index contributed by atoms with van der Waals surface area (Å²) in [6.45, 7) is 10.8. The van der Waals surface area contributed by atoms with E-state index >= 15 is 0 Å². The highest BCUT2D eigenvalue weighted by atomic mass is 16.5. The number of hydrogen-bond acceptors (Lipinski definition) is 3. The number of carbonyl (C=O) groups is 1. The molecule has 6 nitrogen and oxygen atoms in total. The van der Waals surface area contributed by atoms with E-state index in [1.807, 2.05) is 31.3 Å². The van der Waals surface area contributed by atoms with Crippen LogP contribution in [0.4, 0.5) is 0 Å². The third-order valence-electron chi connectivity index (χ3n) is 6.01. The molecule has 1 aliphatic carbocycles. The van der Waals surface area contributed by atoms with Gasteiger partial charge in [0.1, 0.15) is 5.75 Å². The average Bonchev–Trinajstić information content (AvgIpc) is 3.44. The van der Waals surface area contributed by atoms with Crippen LogP contribution in [0.1, 0.15) is 46.1 Å². The maximum atomic E-state index is 11.8. The van der Waals surface area contributed by atoms with Crippen LogP contribution < -0.4 is 15.4 Å². The van der Waals surface area contributed by atoms with E-state index in [0.29, 0.717) is 18.3 Å². The van der Waals surface area contributed by atoms with Gasteiger partial charge >= 0.3 is 0 Å². The van der Waals surface area contributed by atoms with Gasteiger partial charge in [0.25, 0.3) is 5.91 Å². The molecule has 1 saturated carbocycles. The van der Waals surface area contributed by atoms with Gasteiger partial charge in [0.05, 0.1) is 0 Å². The first-order valence-electron chi connectivity index (χ1n) is 9.72. The molecule has 6 heteroatoms. The van der Waals surface area contributed by atoms with E-state index in [4.69, 9.17) is 4.74 Å². The van der Waals surface area contributed by atoms with Gasteiger partial charge in [-0.1, -0.05) is 26.0 Å². The smallest absolute Gasteiger partial charge is 0.258 e. The Morgan fingerprint density at radius 1 is 1.30 bits per heavy atom. The fraction of sp³-hybridized carbons (Fsp3) is 0.619. The van der Waals surface area contributed by atoms with Crippen LogP contribution in [-0.2, 0) is 11.3 Å². The van der Waals surface area contributed by atoms with Crippen molar-refractivity contribution < 1.29 is 9.53 Å². The number of benzene rings is 1. The van der Waals surface area contributed by atoms with Crippen molar-refractivity contribution in [1.29, 1.82) is 0 Å². The predicted molar refractivity (Wildman–Crippen MR) is 108 cm³/mol. The normalized spacial score (nSPS) is 20.6. The highest BCUT2D eigenvalue weighted by Crippen LogP contribution is 2.46. The van der Waals surface area contributed by atoms with E-state index in [0.717, 1.165) is 30.9 Å². The molecule has 0 unspecified atom stereocenters. The summed E-state index contributed by atoms with van der Waals surface area (Å²) in [7, 11) is 1.82. The first-order chi connectivity index (χ1) is 12.7. The number of guanidine groups is 1. The van der Waals surface area contributed by atoms with Gasteiger partial charge in [0, 0.05) is 37.1 Å². The van der Waals surface area contributed by atoms with Crippen LogP contribution in [0.2, 0.25) is 0 Å². The minimum atomic E-state index is -0.0518. The molecule has 27 heavy (non-hydrogen) atoms. The monoisotopic (exact) mass is 372 g/mol. The van der Waals surface area contributed by atoms with Crippen molar-refractivity contribution in [1.82, 2.24) is 15.5 Å². The van der Waals surface area contributed by atoms with E-state index < -0.39 is 0 Å². The Labute approximate surface area is 162 Å². The number of rotatable bonds is 6. The number of aliphatic imine (C=N–C) groups is 1. The average molecular weight is 373 g/mol. The van der Waals surface area contributed by atoms with Crippen LogP contribution in [0.3, 0.4) is 0 Å². The molecule has 1 aromatic carbocycles. The lowest BCUT2D eigenvalue weighted by Crippen LogP contribution is -2.72. The first-order valence-corrected chi connectivity index (χ1v) is 9.72. The van der Waals surface area contributed by atoms with Gasteiger partial charge in [-0.25, -0.2) is 0 Å². The van der Waals surface area contributed by atoms with Crippen LogP contribution in [0.5, 0.6) is 5.75 Å². The summed E-state index contributed by atoms with van der Waals surface area (Å²) in [6.07, 6.45) is 2.17. The van der Waals surface area contributed by atoms with Gasteiger partial charge in [-0.05, 0) is 44.4 Å². The third-order valence-corrected chi connectivity index (χ3v) is 6.01. The second-order valence-corrected chi connectivity index (χ2v) is 8.71. The molecule has 1 aliphatic heterocycles. The Balaban J connectivity index is 1.52. The van der Waals surface area contributed by atoms with Crippen LogP contribution in [0.15, 0.2) is 29.3 Å². The molecule has 0 bridgehead atoms. The SMILES string of the molecule is CN=C(NCc1cccc(OCC(=O)NC2CC2)c1)N1CC(C)(C)C1(C)C. The van der Waals surface area contributed by atoms with E-state index in [-0.39, 0.29) is 23.5 Å². The molecular weight excluding hydrogens is 340 g/mol. The number of nitrogens with zero attached hydrogens (tertiary/aromatic N) is 2. The molecule has 1 aromatic rings. The fourth-order valence-electron chi connectivity index (χ4n) is 3.27. The summed E-state index contributed by atoms with van der Waals surface area (Å²) in [5, 5.41) is 6.38. The van der Waals surface area contributed by atoms with E-state index in [1.54, 1.807) is 0 Å². The molecular formula is C21H32N4O2. The van der Waals surface area contributed by atoms with Gasteiger partial charge < -0.3 is 20.3 Å². The van der Waals surface area contributed by atoms with Crippen molar-refractivity contribution in [2.24, 2.45) is 10.4 Å². The third kappa shape index (κ3) is 4.37. The zero-order valence-corrected chi connectivity index (χ0v) is 17.1. The van der Waals surface area contributed by atoms with Crippen molar-refractivity contribution in [3.05, 3.63) is 29.8 Å². The van der Waals surface area contributed by atoms with Crippen LogP contribution in [0, 0.1) is 5.41 Å². The standard InChI is InChI=1S/C21H32N4O2/c1-20(2)14-25(21(20,3)4)19(22-5)23-12-15-7-6-8-17(11-15)27-13-18(26)24-16-9-10-16/h6-8,11,16H,9-10,12-14H2,1-5H3,(H,22,23)(H,24,26). The molecule has 2 fully saturated rings. The topological polar surface area (TPSA) is 66.0 Å². The van der Waals surface area contributed by atoms with Crippen molar-refractivity contribution in [2.45, 2.75) is 58.7 Å². The molecule has 2 aliphatic rings. The molecule has 2 N–H and O–H groups in total. The summed E-state index contributed by atoms with van der Waals surface area (Å²) in [5.41, 5.74) is 1.42. The summed E-state index contributed by atoms with van der Waals surface area (Å²) in [4.78, 5) is 18.5. The number of nitrogens with one attached hydrogen (secondary N) is 2. The Morgan fingerprint density at radius 3 is 2.63 bits per heavy atom. The van der Waals surface area contributed by atoms with Crippen molar-refractivity contribution in [2.75, 3.05) is 20.2 Å². The second kappa shape index (κ2) is 7.41. The Bertz CT molecular complexity index is 723. The number of likely N-dealkylation sites (tertiary alicyclic amines) is 1. The van der Waals surface area contributed by atoms with E-state index in [9.17, 15) is 4.79 Å². The highest BCUT2D eigenvalue weighted by molar-refractivity contribution is 5.82. The molecule has 148 valence electrons. The van der Waals surface area contributed by atoms with Gasteiger partial charge in [0.2, 0.25) is 0 Å².